The largest absolute Gasteiger partial charge is 0.497 e. The van der Waals surface area contributed by atoms with Crippen LogP contribution in [0.25, 0.3) is 0 Å². The highest BCUT2D eigenvalue weighted by Crippen LogP contribution is 2.17. The molecule has 1 aromatic heterocycles. The van der Waals surface area contributed by atoms with Crippen molar-refractivity contribution in [2.24, 2.45) is 7.05 Å². The van der Waals surface area contributed by atoms with Crippen molar-refractivity contribution >= 4 is 5.82 Å². The van der Waals surface area contributed by atoms with E-state index < -0.39 is 0 Å². The van der Waals surface area contributed by atoms with Gasteiger partial charge in [-0.2, -0.15) is 0 Å². The van der Waals surface area contributed by atoms with Gasteiger partial charge in [-0.1, -0.05) is 12.1 Å². The van der Waals surface area contributed by atoms with Crippen molar-refractivity contribution in [1.82, 2.24) is 14.9 Å². The SMILES string of the molecule is COc1ccc(CC[C@H](C)N[C@@H]2CCCN(c3nccn(C)c3=O)C2)cc1. The average Bonchev–Trinajstić information content (AvgIpc) is 2.69. The molecular formula is C21H30N4O2. The van der Waals surface area contributed by atoms with Crippen LogP contribution in [-0.4, -0.2) is 41.8 Å². The summed E-state index contributed by atoms with van der Waals surface area (Å²) in [6.45, 7) is 3.96. The molecule has 0 saturated carbocycles. The van der Waals surface area contributed by atoms with Crippen LogP contribution in [0.1, 0.15) is 31.7 Å². The van der Waals surface area contributed by atoms with Gasteiger partial charge in [0, 0.05) is 44.6 Å². The summed E-state index contributed by atoms with van der Waals surface area (Å²) in [5, 5.41) is 3.74. The van der Waals surface area contributed by atoms with Crippen LogP contribution in [0.2, 0.25) is 0 Å². The quantitative estimate of drug-likeness (QED) is 0.811. The molecule has 1 aliphatic rings. The Morgan fingerprint density at radius 2 is 2.11 bits per heavy atom. The zero-order valence-corrected chi connectivity index (χ0v) is 16.5. The van der Waals surface area contributed by atoms with Gasteiger partial charge in [-0.25, -0.2) is 4.98 Å². The standard InChI is InChI=1S/C21H30N4O2/c1-16(6-7-17-8-10-19(27-3)11-9-17)23-18-5-4-13-25(15-18)20-21(26)24(2)14-12-22-20/h8-12,14,16,18,23H,4-7,13,15H2,1-3H3/t16-,18+/m0/s1. The number of nitrogens with zero attached hydrogens (tertiary/aromatic N) is 3. The van der Waals surface area contributed by atoms with E-state index in [9.17, 15) is 4.79 Å². The minimum Gasteiger partial charge on any atom is -0.497 e. The van der Waals surface area contributed by atoms with Gasteiger partial charge in [0.25, 0.3) is 5.56 Å². The summed E-state index contributed by atoms with van der Waals surface area (Å²) in [7, 11) is 3.46. The summed E-state index contributed by atoms with van der Waals surface area (Å²) in [5.41, 5.74) is 1.30. The minimum absolute atomic E-state index is 0.0225. The van der Waals surface area contributed by atoms with Gasteiger partial charge in [0.2, 0.25) is 0 Å². The molecule has 27 heavy (non-hydrogen) atoms. The van der Waals surface area contributed by atoms with Crippen LogP contribution in [0.3, 0.4) is 0 Å². The molecule has 0 aliphatic carbocycles. The van der Waals surface area contributed by atoms with Crippen LogP contribution >= 0.6 is 0 Å². The summed E-state index contributed by atoms with van der Waals surface area (Å²) in [4.78, 5) is 18.8. The number of aryl methyl sites for hydroxylation is 2. The van der Waals surface area contributed by atoms with Crippen LogP contribution < -0.4 is 20.5 Å². The number of ether oxygens (including phenoxy) is 1. The monoisotopic (exact) mass is 370 g/mol. The van der Waals surface area contributed by atoms with Gasteiger partial charge in [-0.3, -0.25) is 4.79 Å². The number of anilines is 1. The fraction of sp³-hybridized carbons (Fsp3) is 0.524. The fourth-order valence-electron chi connectivity index (χ4n) is 3.67. The third kappa shape index (κ3) is 5.10. The first kappa shape index (κ1) is 19.4. The normalized spacial score (nSPS) is 18.3. The summed E-state index contributed by atoms with van der Waals surface area (Å²) < 4.78 is 6.81. The third-order valence-electron chi connectivity index (χ3n) is 5.26. The number of aromatic nitrogens is 2. The van der Waals surface area contributed by atoms with E-state index in [1.165, 1.54) is 5.56 Å². The number of methoxy groups -OCH3 is 1. The molecule has 0 spiro atoms. The molecular weight excluding hydrogens is 340 g/mol. The molecule has 1 fully saturated rings. The lowest BCUT2D eigenvalue weighted by Crippen LogP contribution is -2.50. The molecule has 2 heterocycles. The molecule has 0 radical (unpaired) electrons. The molecule has 0 unspecified atom stereocenters. The van der Waals surface area contributed by atoms with Crippen LogP contribution in [0.4, 0.5) is 5.82 Å². The number of rotatable bonds is 7. The van der Waals surface area contributed by atoms with Gasteiger partial charge < -0.3 is 19.5 Å². The first-order valence-electron chi connectivity index (χ1n) is 9.72. The van der Waals surface area contributed by atoms with Crippen LogP contribution in [0, 0.1) is 0 Å². The van der Waals surface area contributed by atoms with Crippen molar-refractivity contribution in [3.8, 4) is 5.75 Å². The van der Waals surface area contributed by atoms with E-state index in [1.807, 2.05) is 12.1 Å². The number of hydrogen-bond acceptors (Lipinski definition) is 5. The highest BCUT2D eigenvalue weighted by molar-refractivity contribution is 5.36. The molecule has 3 rings (SSSR count). The lowest BCUT2D eigenvalue weighted by Gasteiger charge is -2.35. The predicted molar refractivity (Wildman–Crippen MR) is 109 cm³/mol. The summed E-state index contributed by atoms with van der Waals surface area (Å²) >= 11 is 0. The zero-order chi connectivity index (χ0) is 19.2. The van der Waals surface area contributed by atoms with Crippen molar-refractivity contribution in [2.45, 2.75) is 44.7 Å². The predicted octanol–water partition coefficient (Wildman–Crippen LogP) is 2.37. The molecule has 1 saturated heterocycles. The Bertz CT molecular complexity index is 788. The highest BCUT2D eigenvalue weighted by atomic mass is 16.5. The maximum absolute atomic E-state index is 12.3. The Balaban J connectivity index is 1.52. The minimum atomic E-state index is -0.0225. The number of piperidine rings is 1. The zero-order valence-electron chi connectivity index (χ0n) is 16.5. The Kier molecular flexibility index (Phi) is 6.50. The van der Waals surface area contributed by atoms with E-state index in [4.69, 9.17) is 4.74 Å². The van der Waals surface area contributed by atoms with Crippen molar-refractivity contribution in [3.05, 3.63) is 52.6 Å². The smallest absolute Gasteiger partial charge is 0.293 e. The maximum Gasteiger partial charge on any atom is 0.293 e. The molecule has 2 aromatic rings. The van der Waals surface area contributed by atoms with E-state index in [-0.39, 0.29) is 5.56 Å². The van der Waals surface area contributed by atoms with Gasteiger partial charge in [-0.15, -0.1) is 0 Å². The van der Waals surface area contributed by atoms with E-state index in [1.54, 1.807) is 31.1 Å². The molecule has 0 amide bonds. The van der Waals surface area contributed by atoms with E-state index in [0.717, 1.165) is 44.5 Å². The summed E-state index contributed by atoms with van der Waals surface area (Å²) in [6.07, 6.45) is 7.72. The molecule has 1 aromatic carbocycles. The Morgan fingerprint density at radius 1 is 1.33 bits per heavy atom. The molecule has 6 heteroatoms. The van der Waals surface area contributed by atoms with E-state index in [0.29, 0.717) is 17.9 Å². The van der Waals surface area contributed by atoms with Crippen molar-refractivity contribution in [1.29, 1.82) is 0 Å². The van der Waals surface area contributed by atoms with E-state index >= 15 is 0 Å². The Morgan fingerprint density at radius 3 is 2.85 bits per heavy atom. The van der Waals surface area contributed by atoms with Gasteiger partial charge in [0.1, 0.15) is 5.75 Å². The third-order valence-corrected chi connectivity index (χ3v) is 5.26. The molecule has 1 N–H and O–H groups in total. The molecule has 2 atom stereocenters. The number of hydrogen-bond donors (Lipinski definition) is 1. The number of benzene rings is 1. The van der Waals surface area contributed by atoms with Crippen molar-refractivity contribution in [2.75, 3.05) is 25.1 Å². The van der Waals surface area contributed by atoms with Crippen molar-refractivity contribution in [3.63, 3.8) is 0 Å². The van der Waals surface area contributed by atoms with Gasteiger partial charge >= 0.3 is 0 Å². The van der Waals surface area contributed by atoms with Gasteiger partial charge in [-0.05, 0) is 50.3 Å². The fourth-order valence-corrected chi connectivity index (χ4v) is 3.67. The first-order valence-corrected chi connectivity index (χ1v) is 9.72. The first-order chi connectivity index (χ1) is 13.1. The Labute approximate surface area is 161 Å². The van der Waals surface area contributed by atoms with Crippen LogP contribution in [0.15, 0.2) is 41.5 Å². The van der Waals surface area contributed by atoms with E-state index in [2.05, 4.69) is 34.3 Å². The molecule has 0 bridgehead atoms. The Hall–Kier alpha value is -2.34. The molecule has 6 nitrogen and oxygen atoms in total. The summed E-state index contributed by atoms with van der Waals surface area (Å²) in [5.74, 6) is 1.46. The lowest BCUT2D eigenvalue weighted by atomic mass is 10.0. The molecule has 1 aliphatic heterocycles. The second kappa shape index (κ2) is 9.04. The lowest BCUT2D eigenvalue weighted by molar-refractivity contribution is 0.372. The topological polar surface area (TPSA) is 59.4 Å². The number of nitrogens with one attached hydrogen (secondary N) is 1. The highest BCUT2D eigenvalue weighted by Gasteiger charge is 2.23. The second-order valence-corrected chi connectivity index (χ2v) is 7.41. The van der Waals surface area contributed by atoms with Crippen LogP contribution in [-0.2, 0) is 13.5 Å². The van der Waals surface area contributed by atoms with Crippen molar-refractivity contribution < 1.29 is 4.74 Å². The maximum atomic E-state index is 12.3. The summed E-state index contributed by atoms with van der Waals surface area (Å²) in [6, 6.07) is 9.09. The van der Waals surface area contributed by atoms with Gasteiger partial charge in [0.05, 0.1) is 7.11 Å². The van der Waals surface area contributed by atoms with Gasteiger partial charge in [0.15, 0.2) is 5.82 Å². The molecule has 146 valence electrons. The second-order valence-electron chi connectivity index (χ2n) is 7.41. The average molecular weight is 370 g/mol. The van der Waals surface area contributed by atoms with Crippen LogP contribution in [0.5, 0.6) is 5.75 Å².